The lowest BCUT2D eigenvalue weighted by atomic mass is 9.90. The molecule has 0 saturated carbocycles. The van der Waals surface area contributed by atoms with Crippen molar-refractivity contribution in [3.63, 3.8) is 0 Å². The highest BCUT2D eigenvalue weighted by Crippen LogP contribution is 2.34. The Hall–Kier alpha value is -0.570. The summed E-state index contributed by atoms with van der Waals surface area (Å²) in [4.78, 5) is 0. The second-order valence-corrected chi connectivity index (χ2v) is 6.94. The van der Waals surface area contributed by atoms with Crippen molar-refractivity contribution in [3.8, 4) is 0 Å². The largest absolute Gasteiger partial charge is 0.388 e. The van der Waals surface area contributed by atoms with Gasteiger partial charge in [0.2, 0.25) is 0 Å². The van der Waals surface area contributed by atoms with Gasteiger partial charge in [0.05, 0.1) is 8.99 Å². The van der Waals surface area contributed by atoms with Gasteiger partial charge in [0.15, 0.2) is 0 Å². The van der Waals surface area contributed by atoms with E-state index in [9.17, 15) is 13.9 Å². The molecule has 2 nitrogen and oxygen atoms in total. The van der Waals surface area contributed by atoms with E-state index in [1.807, 2.05) is 11.4 Å². The minimum absolute atomic E-state index is 0.0795. The van der Waals surface area contributed by atoms with E-state index in [1.165, 1.54) is 23.5 Å². The fourth-order valence-corrected chi connectivity index (χ4v) is 3.34. The average molecular weight is 395 g/mol. The molecule has 0 radical (unpaired) electrons. The van der Waals surface area contributed by atoms with Crippen LogP contribution in [0.15, 0.2) is 29.6 Å². The molecule has 2 unspecified atom stereocenters. The van der Waals surface area contributed by atoms with Gasteiger partial charge < -0.3 is 10.8 Å². The molecule has 1 aromatic heterocycles. The number of hydrogen-bond acceptors (Lipinski definition) is 3. The third kappa shape index (κ3) is 3.31. The number of benzene rings is 1. The summed E-state index contributed by atoms with van der Waals surface area (Å²) >= 11 is 3.64. The average Bonchev–Trinajstić information content (AvgIpc) is 2.79. The van der Waals surface area contributed by atoms with Crippen LogP contribution >= 0.6 is 33.9 Å². The quantitative estimate of drug-likeness (QED) is 0.780. The normalized spacial score (nSPS) is 14.4. The predicted octanol–water partition coefficient (Wildman–Crippen LogP) is 3.41. The van der Waals surface area contributed by atoms with E-state index in [1.54, 1.807) is 0 Å². The molecule has 0 bridgehead atoms. The number of nitrogens with two attached hydrogens (primary N) is 1. The first-order chi connectivity index (χ1) is 9.02. The van der Waals surface area contributed by atoms with Gasteiger partial charge in [-0.3, -0.25) is 0 Å². The van der Waals surface area contributed by atoms with Gasteiger partial charge in [-0.1, -0.05) is 6.07 Å². The molecular formula is C13H12F2INOS. The van der Waals surface area contributed by atoms with Crippen LogP contribution in [0.25, 0.3) is 0 Å². The Morgan fingerprint density at radius 2 is 2.05 bits per heavy atom. The van der Waals surface area contributed by atoms with Crippen LogP contribution in [0, 0.1) is 14.5 Å². The molecule has 0 saturated heterocycles. The summed E-state index contributed by atoms with van der Waals surface area (Å²) in [5.74, 6) is -1.91. The van der Waals surface area contributed by atoms with Crippen LogP contribution in [-0.4, -0.2) is 11.7 Å². The van der Waals surface area contributed by atoms with E-state index in [-0.39, 0.29) is 12.1 Å². The lowest BCUT2D eigenvalue weighted by Gasteiger charge is -2.21. The molecule has 102 valence electrons. The summed E-state index contributed by atoms with van der Waals surface area (Å²) in [5.41, 5.74) is 6.57. The third-order valence-electron chi connectivity index (χ3n) is 2.93. The fraction of sp³-hybridized carbons (Fsp3) is 0.231. The van der Waals surface area contributed by atoms with Gasteiger partial charge in [-0.15, -0.1) is 11.3 Å². The van der Waals surface area contributed by atoms with Crippen LogP contribution < -0.4 is 5.73 Å². The van der Waals surface area contributed by atoms with Crippen molar-refractivity contribution in [2.24, 2.45) is 5.73 Å². The number of halogens is 3. The molecule has 0 fully saturated rings. The Morgan fingerprint density at radius 3 is 2.58 bits per heavy atom. The first kappa shape index (κ1) is 14.8. The maximum Gasteiger partial charge on any atom is 0.129 e. The van der Waals surface area contributed by atoms with Crippen molar-refractivity contribution in [3.05, 3.63) is 55.3 Å². The van der Waals surface area contributed by atoms with Gasteiger partial charge >= 0.3 is 0 Å². The van der Waals surface area contributed by atoms with E-state index in [0.717, 1.165) is 8.95 Å². The minimum Gasteiger partial charge on any atom is -0.388 e. The Labute approximate surface area is 127 Å². The summed E-state index contributed by atoms with van der Waals surface area (Å²) in [6, 6.07) is 5.15. The van der Waals surface area contributed by atoms with E-state index in [2.05, 4.69) is 22.6 Å². The summed E-state index contributed by atoms with van der Waals surface area (Å²) in [6.45, 7) is 0.0795. The molecule has 3 N–H and O–H groups in total. The maximum atomic E-state index is 13.8. The molecular weight excluding hydrogens is 383 g/mol. The van der Waals surface area contributed by atoms with Crippen LogP contribution in [-0.2, 0) is 0 Å². The summed E-state index contributed by atoms with van der Waals surface area (Å²) in [5, 5.41) is 12.1. The highest BCUT2D eigenvalue weighted by atomic mass is 127. The monoisotopic (exact) mass is 395 g/mol. The molecule has 0 amide bonds. The minimum atomic E-state index is -0.898. The number of hydrogen-bond donors (Lipinski definition) is 2. The summed E-state index contributed by atoms with van der Waals surface area (Å²) in [7, 11) is 0. The molecule has 0 aliphatic carbocycles. The highest BCUT2D eigenvalue weighted by molar-refractivity contribution is 14.1. The van der Waals surface area contributed by atoms with E-state index in [0.29, 0.717) is 5.56 Å². The first-order valence-electron chi connectivity index (χ1n) is 5.60. The molecule has 0 aliphatic heterocycles. The van der Waals surface area contributed by atoms with Gasteiger partial charge in [0.25, 0.3) is 0 Å². The van der Waals surface area contributed by atoms with Gasteiger partial charge in [-0.25, -0.2) is 8.78 Å². The zero-order valence-electron chi connectivity index (χ0n) is 9.82. The molecule has 19 heavy (non-hydrogen) atoms. The van der Waals surface area contributed by atoms with Crippen molar-refractivity contribution in [1.29, 1.82) is 0 Å². The topological polar surface area (TPSA) is 46.2 Å². The smallest absolute Gasteiger partial charge is 0.129 e. The van der Waals surface area contributed by atoms with Gasteiger partial charge in [-0.05, 0) is 51.2 Å². The Kier molecular flexibility index (Phi) is 4.88. The Morgan fingerprint density at radius 1 is 1.32 bits per heavy atom. The van der Waals surface area contributed by atoms with E-state index < -0.39 is 23.7 Å². The number of aliphatic hydroxyl groups is 1. The molecule has 2 aromatic rings. The van der Waals surface area contributed by atoms with E-state index >= 15 is 0 Å². The first-order valence-corrected chi connectivity index (χ1v) is 7.55. The third-order valence-corrected chi connectivity index (χ3v) is 4.73. The number of rotatable bonds is 4. The van der Waals surface area contributed by atoms with Crippen molar-refractivity contribution < 1.29 is 13.9 Å². The fourth-order valence-electron chi connectivity index (χ4n) is 1.94. The van der Waals surface area contributed by atoms with Gasteiger partial charge in [-0.2, -0.15) is 0 Å². The lowest BCUT2D eigenvalue weighted by molar-refractivity contribution is 0.146. The lowest BCUT2D eigenvalue weighted by Crippen LogP contribution is -2.21. The van der Waals surface area contributed by atoms with Gasteiger partial charge in [0.1, 0.15) is 11.6 Å². The van der Waals surface area contributed by atoms with Crippen molar-refractivity contribution in [2.75, 3.05) is 6.54 Å². The predicted molar refractivity (Wildman–Crippen MR) is 80.1 cm³/mol. The summed E-state index contributed by atoms with van der Waals surface area (Å²) < 4.78 is 27.7. The second kappa shape index (κ2) is 6.25. The maximum absolute atomic E-state index is 13.8. The Balaban J connectivity index is 2.33. The van der Waals surface area contributed by atoms with Crippen LogP contribution in [0.2, 0.25) is 0 Å². The van der Waals surface area contributed by atoms with Crippen LogP contribution in [0.3, 0.4) is 0 Å². The Bertz CT molecular complexity index is 576. The molecule has 2 atom stereocenters. The van der Waals surface area contributed by atoms with Crippen molar-refractivity contribution in [2.45, 2.75) is 12.0 Å². The number of thiophene rings is 1. The molecule has 0 spiro atoms. The molecule has 6 heteroatoms. The molecule has 2 rings (SSSR count). The van der Waals surface area contributed by atoms with E-state index in [4.69, 9.17) is 5.73 Å². The van der Waals surface area contributed by atoms with Crippen molar-refractivity contribution in [1.82, 2.24) is 0 Å². The van der Waals surface area contributed by atoms with Gasteiger partial charge in [0, 0.05) is 18.5 Å². The zero-order chi connectivity index (χ0) is 14.0. The summed E-state index contributed by atoms with van der Waals surface area (Å²) in [6.07, 6.45) is -0.898. The zero-order valence-corrected chi connectivity index (χ0v) is 12.8. The molecule has 1 heterocycles. The molecule has 1 aromatic carbocycles. The van der Waals surface area contributed by atoms with Crippen LogP contribution in [0.1, 0.15) is 23.1 Å². The van der Waals surface area contributed by atoms with Crippen LogP contribution in [0.5, 0.6) is 0 Å². The van der Waals surface area contributed by atoms with Crippen LogP contribution in [0.4, 0.5) is 8.78 Å². The second-order valence-electron chi connectivity index (χ2n) is 4.14. The van der Waals surface area contributed by atoms with Crippen molar-refractivity contribution >= 4 is 33.9 Å². The SMILES string of the molecule is NCC(c1ccc(F)cc1F)C(O)c1csc(I)c1. The standard InChI is InChI=1S/C13H12F2INOS/c14-8-1-2-9(11(15)4-8)10(5-17)13(18)7-3-12(16)19-6-7/h1-4,6,10,13,18H,5,17H2. The molecule has 0 aliphatic rings. The highest BCUT2D eigenvalue weighted by Gasteiger charge is 2.25. The number of aliphatic hydroxyl groups excluding tert-OH is 1.